The maximum Gasteiger partial charge on any atom is 0.323 e. The largest absolute Gasteiger partial charge is 0.497 e. The molecule has 1 N–H and O–H groups in total. The third-order valence-corrected chi connectivity index (χ3v) is 6.18. The zero-order valence-corrected chi connectivity index (χ0v) is 17.0. The van der Waals surface area contributed by atoms with Crippen LogP contribution in [0.2, 0.25) is 0 Å². The molecule has 1 aliphatic carbocycles. The van der Waals surface area contributed by atoms with Crippen molar-refractivity contribution in [3.05, 3.63) is 42.1 Å². The average Bonchev–Trinajstić information content (AvgIpc) is 3.28. The first-order valence-electron chi connectivity index (χ1n) is 9.21. The first kappa shape index (κ1) is 20.0. The second kappa shape index (κ2) is 7.00. The monoisotopic (exact) mass is 385 g/mol. The van der Waals surface area contributed by atoms with Crippen LogP contribution in [0.25, 0.3) is 10.9 Å². The van der Waals surface area contributed by atoms with E-state index in [4.69, 9.17) is 14.2 Å². The van der Waals surface area contributed by atoms with Gasteiger partial charge in [-0.2, -0.15) is 0 Å². The summed E-state index contributed by atoms with van der Waals surface area (Å²) in [5, 5.41) is 1.05. The van der Waals surface area contributed by atoms with Crippen molar-refractivity contribution in [1.29, 1.82) is 0 Å². The predicted octanol–water partition coefficient (Wildman–Crippen LogP) is 3.75. The highest BCUT2D eigenvalue weighted by molar-refractivity contribution is 6.01. The Hall–Kier alpha value is -2.76. The molecule has 0 bridgehead atoms. The van der Waals surface area contributed by atoms with Crippen LogP contribution in [0.15, 0.2) is 36.5 Å². The van der Waals surface area contributed by atoms with Gasteiger partial charge in [0, 0.05) is 17.1 Å². The molecular weight excluding hydrogens is 358 g/mol. The van der Waals surface area contributed by atoms with E-state index in [9.17, 15) is 9.59 Å². The molecule has 1 atom stereocenters. The summed E-state index contributed by atoms with van der Waals surface area (Å²) in [7, 11) is 4.22. The Bertz CT molecular complexity index is 924. The number of nitrogens with one attached hydrogen (secondary N) is 1. The van der Waals surface area contributed by atoms with Gasteiger partial charge in [-0.1, -0.05) is 26.0 Å². The van der Waals surface area contributed by atoms with Crippen LogP contribution in [0.4, 0.5) is 0 Å². The minimum Gasteiger partial charge on any atom is -0.497 e. The van der Waals surface area contributed by atoms with Gasteiger partial charge in [0.05, 0.1) is 21.3 Å². The van der Waals surface area contributed by atoms with Gasteiger partial charge in [0.15, 0.2) is 5.41 Å². The molecule has 0 aliphatic heterocycles. The minimum atomic E-state index is -1.34. The topological polar surface area (TPSA) is 77.6 Å². The molecule has 0 radical (unpaired) electrons. The number of hydrogen-bond acceptors (Lipinski definition) is 5. The molecule has 1 aromatic carbocycles. The number of esters is 2. The van der Waals surface area contributed by atoms with E-state index in [0.29, 0.717) is 6.42 Å². The highest BCUT2D eigenvalue weighted by Gasteiger charge is 2.58. The standard InChI is InChI=1S/C22H27NO5/c1-13-10-22(19(24)27-5,20(25)28-6)11-16(13)21(2,3)17-12-23-18-8-7-14(26-4)9-15(17)18/h7-9,12,16,23H,1,10-11H2,2-6H3. The van der Waals surface area contributed by atoms with Gasteiger partial charge in [-0.25, -0.2) is 0 Å². The van der Waals surface area contributed by atoms with Crippen LogP contribution in [0.1, 0.15) is 32.3 Å². The number of H-pyrrole nitrogens is 1. The Morgan fingerprint density at radius 2 is 1.82 bits per heavy atom. The lowest BCUT2D eigenvalue weighted by Gasteiger charge is -2.33. The number of aromatic nitrogens is 1. The molecule has 1 saturated carbocycles. The van der Waals surface area contributed by atoms with Crippen LogP contribution in [-0.2, 0) is 24.5 Å². The van der Waals surface area contributed by atoms with Gasteiger partial charge < -0.3 is 19.2 Å². The maximum absolute atomic E-state index is 12.5. The fraction of sp³-hybridized carbons (Fsp3) is 0.455. The summed E-state index contributed by atoms with van der Waals surface area (Å²) < 4.78 is 15.3. The lowest BCUT2D eigenvalue weighted by atomic mass is 9.70. The molecule has 1 fully saturated rings. The zero-order valence-electron chi connectivity index (χ0n) is 17.0. The number of benzene rings is 1. The summed E-state index contributed by atoms with van der Waals surface area (Å²) in [6.45, 7) is 8.42. The van der Waals surface area contributed by atoms with E-state index in [0.717, 1.165) is 27.8 Å². The Kier molecular flexibility index (Phi) is 5.00. The zero-order chi connectivity index (χ0) is 20.7. The second-order valence-electron chi connectivity index (χ2n) is 7.99. The van der Waals surface area contributed by atoms with E-state index in [1.54, 1.807) is 7.11 Å². The fourth-order valence-electron chi connectivity index (χ4n) is 4.57. The highest BCUT2D eigenvalue weighted by atomic mass is 16.5. The van der Waals surface area contributed by atoms with E-state index < -0.39 is 17.4 Å². The number of ether oxygens (including phenoxy) is 3. The SMILES string of the molecule is C=C1CC(C(=O)OC)(C(=O)OC)CC1C(C)(C)c1c[nH]c2ccc(OC)cc12. The van der Waals surface area contributed by atoms with Crippen molar-refractivity contribution in [1.82, 2.24) is 4.98 Å². The summed E-state index contributed by atoms with van der Waals surface area (Å²) in [5.74, 6) is -0.470. The molecule has 3 rings (SSSR count). The lowest BCUT2D eigenvalue weighted by molar-refractivity contribution is -0.168. The van der Waals surface area contributed by atoms with Crippen LogP contribution in [0.5, 0.6) is 5.75 Å². The van der Waals surface area contributed by atoms with Crippen LogP contribution >= 0.6 is 0 Å². The van der Waals surface area contributed by atoms with E-state index in [1.807, 2.05) is 24.4 Å². The fourth-order valence-corrected chi connectivity index (χ4v) is 4.57. The summed E-state index contributed by atoms with van der Waals surface area (Å²) >= 11 is 0. The molecule has 0 amide bonds. The normalized spacial score (nSPS) is 18.9. The Labute approximate surface area is 164 Å². The molecule has 1 unspecified atom stereocenters. The summed E-state index contributed by atoms with van der Waals surface area (Å²) in [6.07, 6.45) is 2.51. The van der Waals surface area contributed by atoms with Crippen molar-refractivity contribution in [3.63, 3.8) is 0 Å². The number of fused-ring (bicyclic) bond motifs is 1. The Morgan fingerprint density at radius 3 is 2.39 bits per heavy atom. The number of allylic oxidation sites excluding steroid dienone is 1. The number of hydrogen-bond donors (Lipinski definition) is 1. The molecule has 150 valence electrons. The van der Waals surface area contributed by atoms with Crippen molar-refractivity contribution in [3.8, 4) is 5.75 Å². The molecule has 6 heteroatoms. The van der Waals surface area contributed by atoms with Gasteiger partial charge in [-0.15, -0.1) is 0 Å². The number of rotatable bonds is 5. The number of aromatic amines is 1. The van der Waals surface area contributed by atoms with Gasteiger partial charge in [0.1, 0.15) is 5.75 Å². The molecule has 0 spiro atoms. The van der Waals surface area contributed by atoms with Crippen LogP contribution in [-0.4, -0.2) is 38.3 Å². The molecular formula is C22H27NO5. The Morgan fingerprint density at radius 1 is 1.18 bits per heavy atom. The predicted molar refractivity (Wildman–Crippen MR) is 106 cm³/mol. The maximum atomic E-state index is 12.5. The molecule has 6 nitrogen and oxygen atoms in total. The van der Waals surface area contributed by atoms with E-state index in [-0.39, 0.29) is 17.8 Å². The van der Waals surface area contributed by atoms with Crippen molar-refractivity contribution in [2.45, 2.75) is 32.1 Å². The van der Waals surface area contributed by atoms with Crippen molar-refractivity contribution < 1.29 is 23.8 Å². The Balaban J connectivity index is 2.06. The highest BCUT2D eigenvalue weighted by Crippen LogP contribution is 2.54. The second-order valence-corrected chi connectivity index (χ2v) is 7.99. The number of methoxy groups -OCH3 is 3. The van der Waals surface area contributed by atoms with Gasteiger partial charge in [-0.05, 0) is 47.9 Å². The van der Waals surface area contributed by atoms with E-state index in [1.165, 1.54) is 14.2 Å². The van der Waals surface area contributed by atoms with Gasteiger partial charge in [0.25, 0.3) is 0 Å². The summed E-state index contributed by atoms with van der Waals surface area (Å²) in [4.78, 5) is 28.4. The number of carbonyl (C=O) groups excluding carboxylic acids is 2. The molecule has 2 aromatic rings. The van der Waals surface area contributed by atoms with Gasteiger partial charge in [-0.3, -0.25) is 9.59 Å². The van der Waals surface area contributed by atoms with Crippen molar-refractivity contribution in [2.24, 2.45) is 11.3 Å². The van der Waals surface area contributed by atoms with Crippen LogP contribution < -0.4 is 4.74 Å². The van der Waals surface area contributed by atoms with Crippen molar-refractivity contribution >= 4 is 22.8 Å². The van der Waals surface area contributed by atoms with Crippen molar-refractivity contribution in [2.75, 3.05) is 21.3 Å². The molecule has 28 heavy (non-hydrogen) atoms. The first-order chi connectivity index (χ1) is 13.2. The summed E-state index contributed by atoms with van der Waals surface area (Å²) in [5.41, 5.74) is 1.20. The average molecular weight is 385 g/mol. The van der Waals surface area contributed by atoms with Crippen LogP contribution in [0.3, 0.4) is 0 Å². The molecule has 1 aliphatic rings. The van der Waals surface area contributed by atoms with Crippen LogP contribution in [0, 0.1) is 11.3 Å². The smallest absolute Gasteiger partial charge is 0.323 e. The molecule has 0 saturated heterocycles. The quantitative estimate of drug-likeness (QED) is 0.482. The van der Waals surface area contributed by atoms with E-state index in [2.05, 4.69) is 25.4 Å². The van der Waals surface area contributed by atoms with E-state index >= 15 is 0 Å². The van der Waals surface area contributed by atoms with Gasteiger partial charge in [0.2, 0.25) is 0 Å². The minimum absolute atomic E-state index is 0.101. The lowest BCUT2D eigenvalue weighted by Crippen LogP contribution is -2.40. The molecule has 1 heterocycles. The third kappa shape index (κ3) is 2.87. The van der Waals surface area contributed by atoms with Gasteiger partial charge >= 0.3 is 11.9 Å². The molecule has 1 aromatic heterocycles. The first-order valence-corrected chi connectivity index (χ1v) is 9.21. The summed E-state index contributed by atoms with van der Waals surface area (Å²) in [6, 6.07) is 5.88. The third-order valence-electron chi connectivity index (χ3n) is 6.18. The number of carbonyl (C=O) groups is 2.